The number of hydrogen-bond donors (Lipinski definition) is 0. The van der Waals surface area contributed by atoms with Gasteiger partial charge in [-0.05, 0) is 43.6 Å². The zero-order chi connectivity index (χ0) is 33.1. The van der Waals surface area contributed by atoms with E-state index in [-0.39, 0.29) is 30.2 Å². The maximum absolute atomic E-state index is 6.35. The van der Waals surface area contributed by atoms with Crippen LogP contribution in [0.15, 0.2) is 140 Å². The third-order valence-electron chi connectivity index (χ3n) is 8.58. The monoisotopic (exact) mass is 790 g/mol. The molecule has 0 aliphatic carbocycles. The van der Waals surface area contributed by atoms with Gasteiger partial charge in [0.15, 0.2) is 0 Å². The van der Waals surface area contributed by atoms with E-state index in [4.69, 9.17) is 11.6 Å². The smallest absolute Gasteiger partial charge is 0.0114 e. The minimum absolute atomic E-state index is 0. The third kappa shape index (κ3) is 8.68. The molecule has 0 spiro atoms. The fraction of sp³-hybridized carbons (Fsp3) is 0.136. The quantitative estimate of drug-likeness (QED) is 0.128. The minimum atomic E-state index is 0. The molecule has 0 amide bonds. The molecule has 0 nitrogen and oxygen atoms in total. The van der Waals surface area contributed by atoms with E-state index in [0.717, 1.165) is 10.4 Å². The number of halogens is 3. The Balaban J connectivity index is 0.000000192. The molecule has 8 rings (SSSR count). The second-order valence-electron chi connectivity index (χ2n) is 12.8. The maximum Gasteiger partial charge on any atom is -0.0114 e. The summed E-state index contributed by atoms with van der Waals surface area (Å²) in [7, 11) is 0. The van der Waals surface area contributed by atoms with Crippen molar-refractivity contribution in [3.8, 4) is 22.3 Å². The van der Waals surface area contributed by atoms with E-state index in [0.29, 0.717) is 5.92 Å². The zero-order valence-corrected chi connectivity index (χ0v) is 34.2. The van der Waals surface area contributed by atoms with Crippen LogP contribution in [0.4, 0.5) is 0 Å². The molecule has 0 bridgehead atoms. The molecule has 0 unspecified atom stereocenters. The predicted octanol–water partition coefficient (Wildman–Crippen LogP) is 7.64. The minimum Gasteiger partial charge on any atom is -1.00 e. The van der Waals surface area contributed by atoms with Gasteiger partial charge in [0.05, 0.1) is 0 Å². The Labute approximate surface area is 323 Å². The van der Waals surface area contributed by atoms with Crippen molar-refractivity contribution in [2.75, 3.05) is 0 Å². The van der Waals surface area contributed by atoms with Crippen molar-refractivity contribution in [3.05, 3.63) is 156 Å². The van der Waals surface area contributed by atoms with E-state index in [2.05, 4.69) is 167 Å². The van der Waals surface area contributed by atoms with Gasteiger partial charge in [-0.15, -0.1) is 68.5 Å². The molecule has 0 aromatic heterocycles. The van der Waals surface area contributed by atoms with Gasteiger partial charge in [-0.2, -0.15) is 12.1 Å². The number of hydrogen-bond acceptors (Lipinski definition) is 0. The van der Waals surface area contributed by atoms with Crippen molar-refractivity contribution in [1.82, 2.24) is 0 Å². The zero-order valence-electron chi connectivity index (χ0n) is 28.5. The second-order valence-corrected chi connectivity index (χ2v) is 22.5. The summed E-state index contributed by atoms with van der Waals surface area (Å²) in [5.41, 5.74) is 8.05. The molecule has 0 N–H and O–H groups in total. The van der Waals surface area contributed by atoms with Crippen molar-refractivity contribution in [2.45, 2.75) is 39.8 Å². The molecular formula is C44H39Cl3SiZr-2. The van der Waals surface area contributed by atoms with E-state index in [1.807, 2.05) is 6.07 Å². The van der Waals surface area contributed by atoms with Crippen LogP contribution in [0.25, 0.3) is 65.3 Å². The van der Waals surface area contributed by atoms with Crippen LogP contribution in [-0.2, 0) is 23.3 Å². The fourth-order valence-corrected chi connectivity index (χ4v) is 6.61. The first kappa shape index (κ1) is 38.8. The van der Waals surface area contributed by atoms with Crippen LogP contribution in [0.2, 0.25) is 18.1 Å². The summed E-state index contributed by atoms with van der Waals surface area (Å²) in [5, 5.41) is 11.1. The first-order valence-electron chi connectivity index (χ1n) is 16.2. The summed E-state index contributed by atoms with van der Waals surface area (Å²) < 4.78 is 0. The second kappa shape index (κ2) is 17.3. The molecule has 5 heteroatoms. The van der Waals surface area contributed by atoms with Gasteiger partial charge in [0.2, 0.25) is 0 Å². The molecule has 8 aromatic carbocycles. The average molecular weight is 793 g/mol. The van der Waals surface area contributed by atoms with Crippen LogP contribution < -0.4 is 24.8 Å². The van der Waals surface area contributed by atoms with Gasteiger partial charge in [0.25, 0.3) is 0 Å². The van der Waals surface area contributed by atoms with Crippen molar-refractivity contribution >= 4 is 60.1 Å². The Morgan fingerprint density at radius 1 is 0.571 bits per heavy atom. The summed E-state index contributed by atoms with van der Waals surface area (Å²) in [4.78, 5) is 0. The molecule has 0 fully saturated rings. The van der Waals surface area contributed by atoms with Crippen molar-refractivity contribution in [1.29, 1.82) is 0 Å². The van der Waals surface area contributed by atoms with Gasteiger partial charge in [-0.1, -0.05) is 135 Å². The molecule has 0 saturated heterocycles. The Bertz CT molecular complexity index is 2350. The summed E-state index contributed by atoms with van der Waals surface area (Å²) in [5.74, 6) is 0.563. The number of aryl methyl sites for hydroxylation is 1. The molecular weight excluding hydrogens is 754 g/mol. The molecule has 0 saturated carbocycles. The molecule has 0 aliphatic rings. The number of benzene rings is 6. The van der Waals surface area contributed by atoms with Gasteiger partial charge in [-0.25, -0.2) is 0 Å². The molecule has 0 heterocycles. The van der Waals surface area contributed by atoms with Crippen molar-refractivity contribution in [2.24, 2.45) is 0 Å². The van der Waals surface area contributed by atoms with E-state index in [1.54, 1.807) is 23.3 Å². The van der Waals surface area contributed by atoms with Gasteiger partial charge < -0.3 is 24.8 Å². The Morgan fingerprint density at radius 3 is 1.59 bits per heavy atom. The Kier molecular flexibility index (Phi) is 13.7. The van der Waals surface area contributed by atoms with Crippen LogP contribution in [0.3, 0.4) is 0 Å². The van der Waals surface area contributed by atoms with Crippen LogP contribution in [-0.4, -0.2) is 5.43 Å². The summed E-state index contributed by atoms with van der Waals surface area (Å²) in [6.45, 7) is 11.2. The van der Waals surface area contributed by atoms with Crippen LogP contribution in [0.1, 0.15) is 30.9 Å². The largest absolute Gasteiger partial charge is 1.00 e. The molecule has 0 radical (unpaired) electrons. The number of fused-ring (bicyclic) bond motifs is 4. The summed E-state index contributed by atoms with van der Waals surface area (Å²) >= 11 is 8.09. The molecule has 8 aromatic rings. The van der Waals surface area contributed by atoms with Crippen molar-refractivity contribution < 1.29 is 48.1 Å². The summed E-state index contributed by atoms with van der Waals surface area (Å²) in [6.07, 6.45) is 0. The molecule has 0 atom stereocenters. The third-order valence-corrected chi connectivity index (χ3v) is 8.91. The maximum atomic E-state index is 6.35. The normalized spacial score (nSPS) is 10.6. The average Bonchev–Trinajstić information content (AvgIpc) is 3.69. The Hall–Kier alpha value is -2.97. The van der Waals surface area contributed by atoms with Gasteiger partial charge in [0, 0.05) is 0 Å². The Morgan fingerprint density at radius 2 is 1.04 bits per heavy atom. The topological polar surface area (TPSA) is 0 Å². The van der Waals surface area contributed by atoms with Gasteiger partial charge >= 0.3 is 41.9 Å². The first-order valence-corrected chi connectivity index (χ1v) is 22.8. The van der Waals surface area contributed by atoms with E-state index in [9.17, 15) is 0 Å². The molecule has 0 aliphatic heterocycles. The predicted molar refractivity (Wildman–Crippen MR) is 206 cm³/mol. The molecule has 246 valence electrons. The SMILES string of the molecule is CC(C)c1cc2c(-c3cccc4ccccc34)cccc2[cH-]1.C[Si](C)=[Zr+2].Cc1cc2c(-c3cccc4ccccc34)ccc(Cl)c2[cH-]1.[Cl-].[Cl-]. The molecule has 49 heavy (non-hydrogen) atoms. The summed E-state index contributed by atoms with van der Waals surface area (Å²) in [6, 6.07) is 50.0. The van der Waals surface area contributed by atoms with E-state index >= 15 is 0 Å². The standard InChI is InChI=1S/C22H19.C20H14Cl.C2H6Si.2ClH.Zr/c1-15(2)18-13-17-9-6-12-21(22(17)14-18)20-11-5-8-16-7-3-4-10-19(16)20;1-13-11-18-17(9-10-20(21)19(18)12-13)16-8-4-6-14-5-2-3-7-15(14)16;1-3-2;;;/h3-15H,1-2H3;2-12H,1H3;1-2H3;2*1H;/q2*-1;;;;+2/p-2. The first-order chi connectivity index (χ1) is 22.7. The number of rotatable bonds is 3. The van der Waals surface area contributed by atoms with Crippen molar-refractivity contribution in [3.63, 3.8) is 0 Å². The van der Waals surface area contributed by atoms with Gasteiger partial charge in [-0.3, -0.25) is 0 Å². The van der Waals surface area contributed by atoms with Gasteiger partial charge in [0.1, 0.15) is 0 Å². The fourth-order valence-electron chi connectivity index (χ4n) is 6.39. The van der Waals surface area contributed by atoms with Crippen LogP contribution >= 0.6 is 11.6 Å². The van der Waals surface area contributed by atoms with Crippen LogP contribution in [0, 0.1) is 6.92 Å². The van der Waals surface area contributed by atoms with Crippen LogP contribution in [0.5, 0.6) is 0 Å². The van der Waals surface area contributed by atoms with E-state index in [1.165, 1.54) is 71.1 Å². The van der Waals surface area contributed by atoms with E-state index < -0.39 is 0 Å².